The molecule has 0 bridgehead atoms. The lowest BCUT2D eigenvalue weighted by molar-refractivity contribution is -0.131. The maximum absolute atomic E-state index is 12.6. The average Bonchev–Trinajstić information content (AvgIpc) is 3.11. The maximum atomic E-state index is 12.6. The SMILES string of the molecule is CC(C)N(Cc1cnn(C)c1)C(=O)CN=C1NS(=O)(=O)c2ccccc21. The summed E-state index contributed by atoms with van der Waals surface area (Å²) in [7, 11) is -1.78. The molecular formula is C17H21N5O3S. The molecule has 0 unspecified atom stereocenters. The molecule has 0 fully saturated rings. The second-order valence-corrected chi connectivity index (χ2v) is 8.05. The normalized spacial score (nSPS) is 16.5. The number of carbonyl (C=O) groups excluding carboxylic acids is 1. The van der Waals surface area contributed by atoms with Crippen molar-refractivity contribution >= 4 is 21.8 Å². The summed E-state index contributed by atoms with van der Waals surface area (Å²) in [5.41, 5.74) is 1.41. The highest BCUT2D eigenvalue weighted by atomic mass is 32.2. The predicted molar refractivity (Wildman–Crippen MR) is 97.1 cm³/mol. The van der Waals surface area contributed by atoms with Crippen molar-refractivity contribution in [2.75, 3.05) is 6.54 Å². The Morgan fingerprint density at radius 1 is 1.35 bits per heavy atom. The van der Waals surface area contributed by atoms with Crippen LogP contribution in [0.5, 0.6) is 0 Å². The van der Waals surface area contributed by atoms with E-state index < -0.39 is 10.0 Å². The molecule has 1 aromatic carbocycles. The minimum absolute atomic E-state index is 0.0181. The molecule has 2 aromatic rings. The Bertz CT molecular complexity index is 962. The van der Waals surface area contributed by atoms with Gasteiger partial charge >= 0.3 is 0 Å². The molecule has 0 atom stereocenters. The van der Waals surface area contributed by atoms with Crippen LogP contribution in [0.4, 0.5) is 0 Å². The molecule has 0 aliphatic carbocycles. The van der Waals surface area contributed by atoms with Crippen LogP contribution in [-0.4, -0.2) is 47.4 Å². The number of nitrogens with one attached hydrogen (secondary N) is 1. The number of amides is 1. The predicted octanol–water partition coefficient (Wildman–Crippen LogP) is 0.896. The van der Waals surface area contributed by atoms with Crippen molar-refractivity contribution in [3.05, 3.63) is 47.8 Å². The van der Waals surface area contributed by atoms with E-state index in [1.165, 1.54) is 6.07 Å². The fourth-order valence-electron chi connectivity index (χ4n) is 2.80. The zero-order chi connectivity index (χ0) is 18.9. The van der Waals surface area contributed by atoms with Crippen molar-refractivity contribution in [3.63, 3.8) is 0 Å². The van der Waals surface area contributed by atoms with E-state index in [2.05, 4.69) is 14.8 Å². The van der Waals surface area contributed by atoms with Gasteiger partial charge in [0.15, 0.2) is 0 Å². The molecule has 26 heavy (non-hydrogen) atoms. The summed E-state index contributed by atoms with van der Waals surface area (Å²) in [6.45, 7) is 4.14. The van der Waals surface area contributed by atoms with Crippen LogP contribution in [0.3, 0.4) is 0 Å². The molecule has 0 saturated carbocycles. The molecule has 8 nitrogen and oxygen atoms in total. The topological polar surface area (TPSA) is 96.7 Å². The lowest BCUT2D eigenvalue weighted by atomic mass is 10.2. The van der Waals surface area contributed by atoms with E-state index in [9.17, 15) is 13.2 Å². The number of nitrogens with zero attached hydrogens (tertiary/aromatic N) is 4. The Balaban J connectivity index is 1.77. The van der Waals surface area contributed by atoms with Gasteiger partial charge in [0, 0.05) is 37.0 Å². The third-order valence-corrected chi connectivity index (χ3v) is 5.49. The third-order valence-electron chi connectivity index (χ3n) is 4.09. The van der Waals surface area contributed by atoms with Gasteiger partial charge in [0.25, 0.3) is 10.0 Å². The number of hydrogen-bond donors (Lipinski definition) is 1. The summed E-state index contributed by atoms with van der Waals surface area (Å²) >= 11 is 0. The summed E-state index contributed by atoms with van der Waals surface area (Å²) in [5.74, 6) is 0.0268. The highest BCUT2D eigenvalue weighted by molar-refractivity contribution is 7.90. The van der Waals surface area contributed by atoms with Crippen LogP contribution in [0.2, 0.25) is 0 Å². The van der Waals surface area contributed by atoms with Gasteiger partial charge in [-0.05, 0) is 26.0 Å². The molecule has 0 spiro atoms. The summed E-state index contributed by atoms with van der Waals surface area (Å²) < 4.78 is 28.3. The highest BCUT2D eigenvalue weighted by Crippen LogP contribution is 2.22. The third kappa shape index (κ3) is 3.62. The second kappa shape index (κ2) is 6.91. The van der Waals surface area contributed by atoms with Crippen molar-refractivity contribution < 1.29 is 13.2 Å². The van der Waals surface area contributed by atoms with Gasteiger partial charge in [-0.25, -0.2) is 8.42 Å². The molecule has 3 rings (SSSR count). The first-order chi connectivity index (χ1) is 12.3. The van der Waals surface area contributed by atoms with Crippen LogP contribution >= 0.6 is 0 Å². The zero-order valence-electron chi connectivity index (χ0n) is 14.9. The van der Waals surface area contributed by atoms with E-state index in [0.717, 1.165) is 5.56 Å². The summed E-state index contributed by atoms with van der Waals surface area (Å²) in [5, 5.41) is 4.11. The largest absolute Gasteiger partial charge is 0.334 e. The molecule has 2 heterocycles. The number of carbonyl (C=O) groups is 1. The second-order valence-electron chi connectivity index (χ2n) is 6.40. The first kappa shape index (κ1) is 18.1. The van der Waals surface area contributed by atoms with Gasteiger partial charge < -0.3 is 4.90 Å². The van der Waals surface area contributed by atoms with Gasteiger partial charge in [-0.2, -0.15) is 5.10 Å². The molecule has 1 aliphatic rings. The molecule has 1 aromatic heterocycles. The molecule has 9 heteroatoms. The molecule has 1 amide bonds. The van der Waals surface area contributed by atoms with Crippen LogP contribution in [0.1, 0.15) is 25.0 Å². The molecule has 1 aliphatic heterocycles. The van der Waals surface area contributed by atoms with Crippen molar-refractivity contribution in [2.45, 2.75) is 31.3 Å². The summed E-state index contributed by atoms with van der Waals surface area (Å²) in [6, 6.07) is 6.56. The minimum Gasteiger partial charge on any atom is -0.334 e. The zero-order valence-corrected chi connectivity index (χ0v) is 15.7. The number of fused-ring (bicyclic) bond motifs is 1. The first-order valence-electron chi connectivity index (χ1n) is 8.21. The molecule has 1 N–H and O–H groups in total. The van der Waals surface area contributed by atoms with Gasteiger partial charge in [0.05, 0.1) is 11.1 Å². The molecule has 138 valence electrons. The van der Waals surface area contributed by atoms with Crippen LogP contribution < -0.4 is 4.72 Å². The van der Waals surface area contributed by atoms with E-state index in [0.29, 0.717) is 12.1 Å². The van der Waals surface area contributed by atoms with Crippen LogP contribution in [0, 0.1) is 0 Å². The van der Waals surface area contributed by atoms with E-state index in [4.69, 9.17) is 0 Å². The van der Waals surface area contributed by atoms with Crippen molar-refractivity contribution in [1.82, 2.24) is 19.4 Å². The van der Waals surface area contributed by atoms with Crippen LogP contribution in [0.25, 0.3) is 0 Å². The van der Waals surface area contributed by atoms with E-state index in [1.54, 1.807) is 34.0 Å². The monoisotopic (exact) mass is 375 g/mol. The minimum atomic E-state index is -3.60. The Kier molecular flexibility index (Phi) is 4.82. The quantitative estimate of drug-likeness (QED) is 0.839. The average molecular weight is 375 g/mol. The number of hydrogen-bond acceptors (Lipinski definition) is 5. The first-order valence-corrected chi connectivity index (χ1v) is 9.70. The number of aryl methyl sites for hydroxylation is 1. The van der Waals surface area contributed by atoms with Crippen molar-refractivity contribution in [3.8, 4) is 0 Å². The van der Waals surface area contributed by atoms with Gasteiger partial charge in [-0.1, -0.05) is 12.1 Å². The van der Waals surface area contributed by atoms with Gasteiger partial charge in [-0.15, -0.1) is 0 Å². The maximum Gasteiger partial charge on any atom is 0.263 e. The van der Waals surface area contributed by atoms with Crippen molar-refractivity contribution in [2.24, 2.45) is 12.0 Å². The Morgan fingerprint density at radius 2 is 2.08 bits per heavy atom. The molecule has 0 radical (unpaired) electrons. The molecular weight excluding hydrogens is 354 g/mol. The highest BCUT2D eigenvalue weighted by Gasteiger charge is 2.30. The fourth-order valence-corrected chi connectivity index (χ4v) is 4.05. The number of amidine groups is 1. The van der Waals surface area contributed by atoms with Gasteiger partial charge in [-0.3, -0.25) is 19.2 Å². The van der Waals surface area contributed by atoms with Crippen LogP contribution in [0.15, 0.2) is 46.5 Å². The smallest absolute Gasteiger partial charge is 0.263 e. The summed E-state index contributed by atoms with van der Waals surface area (Å²) in [6.07, 6.45) is 3.58. The lowest BCUT2D eigenvalue weighted by Gasteiger charge is -2.25. The number of aromatic nitrogens is 2. The van der Waals surface area contributed by atoms with E-state index in [1.807, 2.05) is 27.1 Å². The number of rotatable bonds is 5. The number of sulfonamides is 1. The van der Waals surface area contributed by atoms with Gasteiger partial charge in [0.2, 0.25) is 5.91 Å². The lowest BCUT2D eigenvalue weighted by Crippen LogP contribution is -2.38. The standard InChI is InChI=1S/C17H21N5O3S/c1-12(2)22(11-13-8-19-21(3)10-13)16(23)9-18-17-14-6-4-5-7-15(14)26(24,25)20-17/h4-8,10,12H,9,11H2,1-3H3,(H,18,20). The Labute approximate surface area is 152 Å². The fraction of sp³-hybridized carbons (Fsp3) is 0.353. The molecule has 0 saturated heterocycles. The van der Waals surface area contributed by atoms with Crippen LogP contribution in [-0.2, 0) is 28.4 Å². The Morgan fingerprint density at radius 3 is 2.73 bits per heavy atom. The van der Waals surface area contributed by atoms with E-state index in [-0.39, 0.29) is 29.2 Å². The van der Waals surface area contributed by atoms with Crippen molar-refractivity contribution in [1.29, 1.82) is 0 Å². The summed E-state index contributed by atoms with van der Waals surface area (Å²) in [4.78, 5) is 18.7. The van der Waals surface area contributed by atoms with E-state index >= 15 is 0 Å². The number of aliphatic imine (C=N–C) groups is 1. The van der Waals surface area contributed by atoms with Gasteiger partial charge in [0.1, 0.15) is 12.4 Å². The number of benzene rings is 1. The Hall–Kier alpha value is -2.68.